The maximum Gasteiger partial charge on any atom is 0.326 e. The van der Waals surface area contributed by atoms with Crippen LogP contribution in [0.25, 0.3) is 0 Å². The molecule has 1 aromatic rings. The molecular weight excluding hydrogens is 468 g/mol. The number of amides is 3. The van der Waals surface area contributed by atoms with Gasteiger partial charge in [-0.25, -0.2) is 4.79 Å². The quantitative estimate of drug-likeness (QED) is 0.167. The molecule has 0 aliphatic rings. The van der Waals surface area contributed by atoms with Crippen molar-refractivity contribution in [2.45, 2.75) is 50.4 Å². The van der Waals surface area contributed by atoms with E-state index in [0.29, 0.717) is 11.3 Å². The highest BCUT2D eigenvalue weighted by atomic mass is 32.2. The molecule has 0 saturated carbocycles. The molecule has 188 valence electrons. The fourth-order valence-electron chi connectivity index (χ4n) is 2.80. The summed E-state index contributed by atoms with van der Waals surface area (Å²) >= 11 is 1.42. The molecule has 1 aromatic carbocycles. The van der Waals surface area contributed by atoms with Gasteiger partial charge in [0.15, 0.2) is 0 Å². The number of benzene rings is 1. The van der Waals surface area contributed by atoms with E-state index in [4.69, 9.17) is 5.73 Å². The number of carbonyl (C=O) groups excluding carboxylic acids is 3. The lowest BCUT2D eigenvalue weighted by atomic mass is 10.0. The topological polar surface area (TPSA) is 208 Å². The second kappa shape index (κ2) is 14.1. The number of phenols is 1. The molecular formula is C21H30N4O8S. The van der Waals surface area contributed by atoms with Gasteiger partial charge in [-0.2, -0.15) is 11.8 Å². The van der Waals surface area contributed by atoms with Gasteiger partial charge in [0.1, 0.15) is 23.9 Å². The van der Waals surface area contributed by atoms with Crippen molar-refractivity contribution < 1.29 is 39.3 Å². The van der Waals surface area contributed by atoms with E-state index in [0.717, 1.165) is 0 Å². The predicted octanol–water partition coefficient (Wildman–Crippen LogP) is -0.951. The molecule has 1 rings (SSSR count). The second-order valence-corrected chi connectivity index (χ2v) is 8.55. The second-order valence-electron chi connectivity index (χ2n) is 7.56. The van der Waals surface area contributed by atoms with Gasteiger partial charge in [0, 0.05) is 6.42 Å². The van der Waals surface area contributed by atoms with Gasteiger partial charge in [0.25, 0.3) is 0 Å². The Kier molecular flexibility index (Phi) is 11.9. The Morgan fingerprint density at radius 2 is 1.44 bits per heavy atom. The predicted molar refractivity (Wildman–Crippen MR) is 124 cm³/mol. The molecule has 0 heterocycles. The van der Waals surface area contributed by atoms with E-state index in [1.165, 1.54) is 43.0 Å². The Morgan fingerprint density at radius 1 is 0.912 bits per heavy atom. The monoisotopic (exact) mass is 498 g/mol. The van der Waals surface area contributed by atoms with E-state index in [1.807, 2.05) is 0 Å². The number of aliphatic carboxylic acids is 2. The third kappa shape index (κ3) is 10.1. The Hall–Kier alpha value is -3.32. The molecule has 0 radical (unpaired) electrons. The molecule has 3 amide bonds. The smallest absolute Gasteiger partial charge is 0.326 e. The van der Waals surface area contributed by atoms with Crippen LogP contribution in [0.2, 0.25) is 0 Å². The van der Waals surface area contributed by atoms with E-state index in [2.05, 4.69) is 16.0 Å². The van der Waals surface area contributed by atoms with Gasteiger partial charge in [-0.15, -0.1) is 0 Å². The third-order valence-corrected chi connectivity index (χ3v) is 5.30. The molecule has 8 N–H and O–H groups in total. The summed E-state index contributed by atoms with van der Waals surface area (Å²) in [5, 5.41) is 35.0. The van der Waals surface area contributed by atoms with Gasteiger partial charge in [0.05, 0.1) is 12.5 Å². The summed E-state index contributed by atoms with van der Waals surface area (Å²) < 4.78 is 0. The highest BCUT2D eigenvalue weighted by Crippen LogP contribution is 2.12. The summed E-state index contributed by atoms with van der Waals surface area (Å²) in [6.45, 7) is 1.43. The number of carboxylic acids is 2. The number of nitrogens with two attached hydrogens (primary N) is 1. The summed E-state index contributed by atoms with van der Waals surface area (Å²) in [4.78, 5) is 60.4. The SMILES string of the molecule is CSCC[C@H](NC(=O)[C@H](C)N)C(=O)N[C@@H](CC(=O)O)C(=O)N[C@@H](Cc1ccc(O)cc1)C(=O)O. The number of hydrogen-bond acceptors (Lipinski definition) is 8. The summed E-state index contributed by atoms with van der Waals surface area (Å²) in [5.41, 5.74) is 6.02. The molecule has 12 nitrogen and oxygen atoms in total. The number of aromatic hydroxyl groups is 1. The lowest BCUT2D eigenvalue weighted by Crippen LogP contribution is -2.57. The van der Waals surface area contributed by atoms with Crippen molar-refractivity contribution in [2.24, 2.45) is 5.73 Å². The highest BCUT2D eigenvalue weighted by molar-refractivity contribution is 7.98. The summed E-state index contributed by atoms with van der Waals surface area (Å²) in [5.74, 6) is -4.70. The van der Waals surface area contributed by atoms with Crippen LogP contribution in [-0.4, -0.2) is 81.2 Å². The van der Waals surface area contributed by atoms with Crippen LogP contribution in [0.3, 0.4) is 0 Å². The Balaban J connectivity index is 2.98. The highest BCUT2D eigenvalue weighted by Gasteiger charge is 2.31. The van der Waals surface area contributed by atoms with E-state index in [-0.39, 0.29) is 18.6 Å². The molecule has 34 heavy (non-hydrogen) atoms. The van der Waals surface area contributed by atoms with Crippen molar-refractivity contribution in [3.05, 3.63) is 29.8 Å². The number of nitrogens with one attached hydrogen (secondary N) is 3. The van der Waals surface area contributed by atoms with Crippen LogP contribution >= 0.6 is 11.8 Å². The van der Waals surface area contributed by atoms with E-state index >= 15 is 0 Å². The van der Waals surface area contributed by atoms with Crippen molar-refractivity contribution in [3.8, 4) is 5.75 Å². The van der Waals surface area contributed by atoms with Crippen LogP contribution in [0.15, 0.2) is 24.3 Å². The minimum Gasteiger partial charge on any atom is -0.508 e. The van der Waals surface area contributed by atoms with Gasteiger partial charge in [0.2, 0.25) is 17.7 Å². The van der Waals surface area contributed by atoms with E-state index < -0.39 is 60.2 Å². The molecule has 0 unspecified atom stereocenters. The van der Waals surface area contributed by atoms with Gasteiger partial charge < -0.3 is 37.0 Å². The summed E-state index contributed by atoms with van der Waals surface area (Å²) in [6.07, 6.45) is 1.05. The Labute approximate surface area is 200 Å². The fourth-order valence-corrected chi connectivity index (χ4v) is 3.28. The molecule has 4 atom stereocenters. The maximum absolute atomic E-state index is 12.8. The molecule has 0 fully saturated rings. The van der Waals surface area contributed by atoms with Gasteiger partial charge in [-0.1, -0.05) is 12.1 Å². The number of thioether (sulfide) groups is 1. The molecule has 0 saturated heterocycles. The molecule has 0 aromatic heterocycles. The number of phenolic OH excluding ortho intramolecular Hbond substituents is 1. The van der Waals surface area contributed by atoms with Crippen LogP contribution in [-0.2, 0) is 30.4 Å². The normalized spacial score (nSPS) is 14.2. The van der Waals surface area contributed by atoms with E-state index in [9.17, 15) is 39.3 Å². The number of rotatable bonds is 14. The lowest BCUT2D eigenvalue weighted by molar-refractivity contribution is -0.143. The van der Waals surface area contributed by atoms with Crippen LogP contribution in [0.5, 0.6) is 5.75 Å². The van der Waals surface area contributed by atoms with Crippen molar-refractivity contribution >= 4 is 41.4 Å². The first kappa shape index (κ1) is 28.7. The number of carbonyl (C=O) groups is 5. The Morgan fingerprint density at radius 3 is 1.94 bits per heavy atom. The zero-order valence-corrected chi connectivity index (χ0v) is 19.6. The summed E-state index contributed by atoms with van der Waals surface area (Å²) in [6, 6.07) is 0.701. The van der Waals surface area contributed by atoms with Crippen molar-refractivity contribution in [2.75, 3.05) is 12.0 Å². The Bertz CT molecular complexity index is 878. The fraction of sp³-hybridized carbons (Fsp3) is 0.476. The van der Waals surface area contributed by atoms with Crippen LogP contribution < -0.4 is 21.7 Å². The summed E-state index contributed by atoms with van der Waals surface area (Å²) in [7, 11) is 0. The molecule has 0 aliphatic heterocycles. The zero-order valence-electron chi connectivity index (χ0n) is 18.8. The van der Waals surface area contributed by atoms with Crippen LogP contribution in [0.4, 0.5) is 0 Å². The largest absolute Gasteiger partial charge is 0.508 e. The van der Waals surface area contributed by atoms with Gasteiger partial charge in [-0.05, 0) is 43.0 Å². The molecule has 0 bridgehead atoms. The molecule has 13 heteroatoms. The number of carboxylic acid groups (broad SMARTS) is 2. The maximum atomic E-state index is 12.8. The van der Waals surface area contributed by atoms with Crippen LogP contribution in [0, 0.1) is 0 Å². The van der Waals surface area contributed by atoms with Crippen molar-refractivity contribution in [1.29, 1.82) is 0 Å². The van der Waals surface area contributed by atoms with Crippen molar-refractivity contribution in [1.82, 2.24) is 16.0 Å². The number of hydrogen-bond donors (Lipinski definition) is 7. The average Bonchev–Trinajstić information content (AvgIpc) is 2.76. The lowest BCUT2D eigenvalue weighted by Gasteiger charge is -2.24. The zero-order chi connectivity index (χ0) is 25.8. The average molecular weight is 499 g/mol. The first-order valence-corrected chi connectivity index (χ1v) is 11.7. The standard InChI is InChI=1S/C21H30N4O8S/c1-11(22)18(29)23-14(7-8-34-2)19(30)24-15(10-17(27)28)20(31)25-16(21(32)33)9-12-3-5-13(26)6-4-12/h3-6,11,14-16,26H,7-10,22H2,1-2H3,(H,23,29)(H,24,30)(H,25,31)(H,27,28)(H,32,33)/t11-,14-,15-,16-/m0/s1. The third-order valence-electron chi connectivity index (χ3n) is 4.66. The van der Waals surface area contributed by atoms with Gasteiger partial charge >= 0.3 is 11.9 Å². The minimum absolute atomic E-state index is 0.0176. The van der Waals surface area contributed by atoms with E-state index in [1.54, 1.807) is 6.26 Å². The first-order chi connectivity index (χ1) is 15.9. The molecule has 0 aliphatic carbocycles. The minimum atomic E-state index is -1.59. The molecule has 0 spiro atoms. The van der Waals surface area contributed by atoms with Crippen molar-refractivity contribution in [3.63, 3.8) is 0 Å². The van der Waals surface area contributed by atoms with Crippen LogP contribution in [0.1, 0.15) is 25.3 Å². The van der Waals surface area contributed by atoms with Gasteiger partial charge in [-0.3, -0.25) is 19.2 Å². The first-order valence-electron chi connectivity index (χ1n) is 10.3.